The number of benzene rings is 1. The quantitative estimate of drug-likeness (QED) is 0.812. The zero-order valence-electron chi connectivity index (χ0n) is 16.9. The van der Waals surface area contributed by atoms with E-state index in [2.05, 4.69) is 18.9 Å². The van der Waals surface area contributed by atoms with E-state index in [1.54, 1.807) is 34.8 Å². The molecule has 2 aromatic rings. The van der Waals surface area contributed by atoms with Gasteiger partial charge < -0.3 is 9.80 Å². The molecule has 7 heteroatoms. The van der Waals surface area contributed by atoms with Gasteiger partial charge in [-0.15, -0.1) is 0 Å². The van der Waals surface area contributed by atoms with Gasteiger partial charge in [-0.05, 0) is 36.6 Å². The molecule has 0 bridgehead atoms. The Balaban J connectivity index is 1.84. The SMILES string of the molecule is Cc1cc(C(=O)N2CCC(=O)N(Cc3ccc(F)cc3)[C@H](C(C)C)C2)n(C)n1. The first kappa shape index (κ1) is 20.0. The molecule has 3 rings (SSSR count). The fraction of sp³-hybridized carbons (Fsp3) is 0.476. The highest BCUT2D eigenvalue weighted by Gasteiger charge is 2.34. The summed E-state index contributed by atoms with van der Waals surface area (Å²) < 4.78 is 14.8. The minimum Gasteiger partial charge on any atom is -0.335 e. The second kappa shape index (κ2) is 8.12. The molecule has 0 unspecified atom stereocenters. The van der Waals surface area contributed by atoms with Crippen LogP contribution in [0.2, 0.25) is 0 Å². The highest BCUT2D eigenvalue weighted by atomic mass is 19.1. The largest absolute Gasteiger partial charge is 0.335 e. The van der Waals surface area contributed by atoms with Crippen LogP contribution in [0.4, 0.5) is 4.39 Å². The third kappa shape index (κ3) is 4.24. The van der Waals surface area contributed by atoms with Crippen LogP contribution < -0.4 is 0 Å². The van der Waals surface area contributed by atoms with Gasteiger partial charge in [0.1, 0.15) is 11.5 Å². The number of hydrogen-bond acceptors (Lipinski definition) is 3. The Kier molecular flexibility index (Phi) is 5.82. The standard InChI is InChI=1S/C21H27FN4O2/c1-14(2)19-13-25(21(28)18-11-15(3)23-24(18)4)10-9-20(27)26(19)12-16-5-7-17(22)8-6-16/h5-8,11,14,19H,9-10,12-13H2,1-4H3/t19-/m0/s1. The molecule has 0 saturated carbocycles. The van der Waals surface area contributed by atoms with E-state index in [1.165, 1.54) is 12.1 Å². The lowest BCUT2D eigenvalue weighted by atomic mass is 10.0. The Morgan fingerprint density at radius 2 is 1.96 bits per heavy atom. The van der Waals surface area contributed by atoms with E-state index < -0.39 is 0 Å². The number of aryl methyl sites for hydroxylation is 2. The van der Waals surface area contributed by atoms with Gasteiger partial charge in [0.25, 0.3) is 5.91 Å². The van der Waals surface area contributed by atoms with Crippen LogP contribution in [-0.2, 0) is 18.4 Å². The Bertz CT molecular complexity index is 860. The average Bonchev–Trinajstić information content (AvgIpc) is 2.89. The van der Waals surface area contributed by atoms with Crippen molar-refractivity contribution in [3.63, 3.8) is 0 Å². The summed E-state index contributed by atoms with van der Waals surface area (Å²) in [4.78, 5) is 29.5. The fourth-order valence-corrected chi connectivity index (χ4v) is 3.69. The summed E-state index contributed by atoms with van der Waals surface area (Å²) in [6, 6.07) is 7.87. The van der Waals surface area contributed by atoms with E-state index in [0.717, 1.165) is 11.3 Å². The van der Waals surface area contributed by atoms with Crippen LogP contribution in [0.5, 0.6) is 0 Å². The molecule has 2 heterocycles. The molecule has 0 aliphatic carbocycles. The number of nitrogens with zero attached hydrogens (tertiary/aromatic N) is 4. The molecule has 1 aliphatic heterocycles. The summed E-state index contributed by atoms with van der Waals surface area (Å²) in [5, 5.41) is 4.26. The number of halogens is 1. The highest BCUT2D eigenvalue weighted by Crippen LogP contribution is 2.22. The van der Waals surface area contributed by atoms with Crippen molar-refractivity contribution in [3.05, 3.63) is 53.1 Å². The lowest BCUT2D eigenvalue weighted by Gasteiger charge is -2.34. The van der Waals surface area contributed by atoms with Crippen LogP contribution in [0.1, 0.15) is 42.0 Å². The lowest BCUT2D eigenvalue weighted by molar-refractivity contribution is -0.134. The number of carbonyl (C=O) groups is 2. The minimum absolute atomic E-state index is 0.0134. The van der Waals surface area contributed by atoms with Gasteiger partial charge in [-0.1, -0.05) is 26.0 Å². The van der Waals surface area contributed by atoms with E-state index in [-0.39, 0.29) is 36.0 Å². The average molecular weight is 386 g/mol. The van der Waals surface area contributed by atoms with Crippen molar-refractivity contribution in [1.29, 1.82) is 0 Å². The summed E-state index contributed by atoms with van der Waals surface area (Å²) >= 11 is 0. The van der Waals surface area contributed by atoms with Crippen LogP contribution in [0.25, 0.3) is 0 Å². The van der Waals surface area contributed by atoms with Crippen LogP contribution in [0.3, 0.4) is 0 Å². The number of aromatic nitrogens is 2. The molecule has 0 N–H and O–H groups in total. The zero-order chi connectivity index (χ0) is 20.4. The molecule has 2 amide bonds. The Morgan fingerprint density at radius 3 is 2.54 bits per heavy atom. The fourth-order valence-electron chi connectivity index (χ4n) is 3.69. The van der Waals surface area contributed by atoms with Crippen molar-refractivity contribution in [3.8, 4) is 0 Å². The van der Waals surface area contributed by atoms with Crippen molar-refractivity contribution in [1.82, 2.24) is 19.6 Å². The first-order valence-corrected chi connectivity index (χ1v) is 9.60. The van der Waals surface area contributed by atoms with Crippen LogP contribution >= 0.6 is 0 Å². The van der Waals surface area contributed by atoms with Crippen molar-refractivity contribution < 1.29 is 14.0 Å². The topological polar surface area (TPSA) is 58.4 Å². The molecule has 0 radical (unpaired) electrons. The lowest BCUT2D eigenvalue weighted by Crippen LogP contribution is -2.47. The molecule has 1 aliphatic rings. The van der Waals surface area contributed by atoms with Gasteiger partial charge in [0.15, 0.2) is 0 Å². The molecule has 150 valence electrons. The second-order valence-electron chi connectivity index (χ2n) is 7.76. The molecule has 6 nitrogen and oxygen atoms in total. The number of rotatable bonds is 4. The van der Waals surface area contributed by atoms with Gasteiger partial charge >= 0.3 is 0 Å². The van der Waals surface area contributed by atoms with E-state index in [4.69, 9.17) is 0 Å². The molecule has 28 heavy (non-hydrogen) atoms. The van der Waals surface area contributed by atoms with E-state index in [9.17, 15) is 14.0 Å². The molecule has 1 aromatic carbocycles. The molecular weight excluding hydrogens is 359 g/mol. The summed E-state index contributed by atoms with van der Waals surface area (Å²) in [5.41, 5.74) is 2.19. The third-order valence-corrected chi connectivity index (χ3v) is 5.27. The predicted octanol–water partition coefficient (Wildman–Crippen LogP) is 2.77. The summed E-state index contributed by atoms with van der Waals surface area (Å²) in [7, 11) is 1.75. The summed E-state index contributed by atoms with van der Waals surface area (Å²) in [6.07, 6.45) is 0.271. The molecule has 1 atom stereocenters. The van der Waals surface area contributed by atoms with Gasteiger partial charge in [0.05, 0.1) is 11.7 Å². The Morgan fingerprint density at radius 1 is 1.29 bits per heavy atom. The second-order valence-corrected chi connectivity index (χ2v) is 7.76. The first-order chi connectivity index (χ1) is 13.3. The van der Waals surface area contributed by atoms with Crippen molar-refractivity contribution in [2.45, 2.75) is 39.8 Å². The van der Waals surface area contributed by atoms with E-state index >= 15 is 0 Å². The highest BCUT2D eigenvalue weighted by molar-refractivity contribution is 5.93. The van der Waals surface area contributed by atoms with E-state index in [0.29, 0.717) is 25.3 Å². The summed E-state index contributed by atoms with van der Waals surface area (Å²) in [6.45, 7) is 7.22. The van der Waals surface area contributed by atoms with Crippen LogP contribution in [0, 0.1) is 18.7 Å². The molecule has 1 saturated heterocycles. The zero-order valence-corrected chi connectivity index (χ0v) is 16.9. The Labute approximate surface area is 164 Å². The minimum atomic E-state index is -0.297. The molecule has 0 spiro atoms. The molecular formula is C21H27FN4O2. The first-order valence-electron chi connectivity index (χ1n) is 9.60. The van der Waals surface area contributed by atoms with Crippen LogP contribution in [0.15, 0.2) is 30.3 Å². The number of carbonyl (C=O) groups excluding carboxylic acids is 2. The maximum Gasteiger partial charge on any atom is 0.272 e. The molecule has 1 aromatic heterocycles. The van der Waals surface area contributed by atoms with Crippen molar-refractivity contribution >= 4 is 11.8 Å². The van der Waals surface area contributed by atoms with Gasteiger partial charge in [0, 0.05) is 33.1 Å². The normalized spacial score (nSPS) is 17.9. The van der Waals surface area contributed by atoms with Crippen molar-refractivity contribution in [2.75, 3.05) is 13.1 Å². The Hall–Kier alpha value is -2.70. The number of hydrogen-bond donors (Lipinski definition) is 0. The van der Waals surface area contributed by atoms with Gasteiger partial charge in [-0.2, -0.15) is 5.10 Å². The smallest absolute Gasteiger partial charge is 0.272 e. The number of amides is 2. The monoisotopic (exact) mass is 386 g/mol. The van der Waals surface area contributed by atoms with Crippen LogP contribution in [-0.4, -0.2) is 50.5 Å². The van der Waals surface area contributed by atoms with E-state index in [1.807, 2.05) is 11.8 Å². The molecule has 1 fully saturated rings. The van der Waals surface area contributed by atoms with Gasteiger partial charge in [0.2, 0.25) is 5.91 Å². The van der Waals surface area contributed by atoms with Gasteiger partial charge in [-0.3, -0.25) is 14.3 Å². The van der Waals surface area contributed by atoms with Crippen molar-refractivity contribution in [2.24, 2.45) is 13.0 Å². The van der Waals surface area contributed by atoms with Gasteiger partial charge in [-0.25, -0.2) is 4.39 Å². The predicted molar refractivity (Wildman–Crippen MR) is 104 cm³/mol. The maximum atomic E-state index is 13.2. The third-order valence-electron chi connectivity index (χ3n) is 5.27. The maximum absolute atomic E-state index is 13.2. The summed E-state index contributed by atoms with van der Waals surface area (Å²) in [5.74, 6) is -0.217.